The Bertz CT molecular complexity index is 1350. The van der Waals surface area contributed by atoms with Gasteiger partial charge in [-0.25, -0.2) is 0 Å². The number of ether oxygens (including phenoxy) is 3. The van der Waals surface area contributed by atoms with Gasteiger partial charge in [0, 0.05) is 26.1 Å². The lowest BCUT2D eigenvalue weighted by Gasteiger charge is -2.14. The van der Waals surface area contributed by atoms with Gasteiger partial charge in [0.1, 0.15) is 17.2 Å². The molecule has 5 nitrogen and oxygen atoms in total. The largest absolute Gasteiger partial charge is 0.497 e. The number of methoxy groups -OCH3 is 2. The molecule has 0 saturated carbocycles. The Balaban J connectivity index is 1.29. The monoisotopic (exact) mass is 529 g/mol. The molecule has 4 aromatic rings. The molecule has 0 radical (unpaired) electrons. The predicted molar refractivity (Wildman–Crippen MR) is 155 cm³/mol. The van der Waals surface area contributed by atoms with Crippen LogP contribution in [0.1, 0.15) is 48.0 Å². The van der Waals surface area contributed by atoms with Gasteiger partial charge in [-0.05, 0) is 124 Å². The van der Waals surface area contributed by atoms with E-state index in [4.69, 9.17) is 14.2 Å². The predicted octanol–water partition coefficient (Wildman–Crippen LogP) is 7.46. The molecule has 1 aliphatic heterocycles. The number of ketones is 1. The van der Waals surface area contributed by atoms with Crippen molar-refractivity contribution < 1.29 is 19.0 Å². The molecule has 198 valence electrons. The van der Waals surface area contributed by atoms with Crippen LogP contribution in [0.4, 0.5) is 0 Å². The first-order valence-corrected chi connectivity index (χ1v) is 14.2. The van der Waals surface area contributed by atoms with Crippen molar-refractivity contribution in [1.29, 1.82) is 0 Å². The summed E-state index contributed by atoms with van der Waals surface area (Å²) < 4.78 is 17.7. The molecule has 0 aliphatic carbocycles. The zero-order valence-electron chi connectivity index (χ0n) is 22.2. The molecule has 6 heteroatoms. The van der Waals surface area contributed by atoms with E-state index in [0.717, 1.165) is 44.2 Å². The van der Waals surface area contributed by atoms with Gasteiger partial charge in [-0.2, -0.15) is 0 Å². The fraction of sp³-hybridized carbons (Fsp3) is 0.344. The fourth-order valence-electron chi connectivity index (χ4n) is 5.03. The van der Waals surface area contributed by atoms with Crippen molar-refractivity contribution in [3.8, 4) is 27.7 Å². The second-order valence-electron chi connectivity index (χ2n) is 9.71. The van der Waals surface area contributed by atoms with Gasteiger partial charge in [0.2, 0.25) is 0 Å². The van der Waals surface area contributed by atoms with Gasteiger partial charge in [0.25, 0.3) is 0 Å². The van der Waals surface area contributed by atoms with Crippen LogP contribution in [0.15, 0.2) is 66.7 Å². The van der Waals surface area contributed by atoms with Crippen molar-refractivity contribution in [3.05, 3.63) is 77.9 Å². The summed E-state index contributed by atoms with van der Waals surface area (Å²) in [6, 6.07) is 21.3. The van der Waals surface area contributed by atoms with E-state index in [9.17, 15) is 4.79 Å². The number of nitrogens with zero attached hydrogens (tertiary/aromatic N) is 1. The number of carbonyl (C=O) groups is 1. The van der Waals surface area contributed by atoms with Crippen LogP contribution in [0.25, 0.3) is 20.5 Å². The van der Waals surface area contributed by atoms with Crippen LogP contribution in [0.5, 0.6) is 17.2 Å². The van der Waals surface area contributed by atoms with Crippen LogP contribution >= 0.6 is 11.3 Å². The zero-order chi connectivity index (χ0) is 26.3. The lowest BCUT2D eigenvalue weighted by Crippen LogP contribution is -2.20. The first kappa shape index (κ1) is 26.3. The van der Waals surface area contributed by atoms with Crippen molar-refractivity contribution in [3.63, 3.8) is 0 Å². The number of hydrogen-bond acceptors (Lipinski definition) is 6. The highest BCUT2D eigenvalue weighted by Crippen LogP contribution is 2.41. The Kier molecular flexibility index (Phi) is 8.61. The summed E-state index contributed by atoms with van der Waals surface area (Å²) in [5.74, 6) is 2.36. The third-order valence-electron chi connectivity index (χ3n) is 7.18. The molecule has 0 unspecified atom stereocenters. The minimum atomic E-state index is 0.000646. The van der Waals surface area contributed by atoms with Crippen molar-refractivity contribution >= 4 is 27.2 Å². The highest BCUT2D eigenvalue weighted by molar-refractivity contribution is 7.22. The Morgan fingerprint density at radius 1 is 0.816 bits per heavy atom. The van der Waals surface area contributed by atoms with E-state index in [1.807, 2.05) is 66.7 Å². The normalized spacial score (nSPS) is 13.6. The molecular formula is C32H35NO4S. The summed E-state index contributed by atoms with van der Waals surface area (Å²) in [4.78, 5) is 17.4. The second kappa shape index (κ2) is 12.5. The molecule has 2 heterocycles. The second-order valence-corrected chi connectivity index (χ2v) is 10.8. The van der Waals surface area contributed by atoms with E-state index in [-0.39, 0.29) is 5.78 Å². The molecule has 0 spiro atoms. The van der Waals surface area contributed by atoms with E-state index in [2.05, 4.69) is 4.90 Å². The minimum Gasteiger partial charge on any atom is -0.497 e. The number of unbranched alkanes of at least 4 members (excludes halogenated alkanes) is 2. The van der Waals surface area contributed by atoms with Crippen molar-refractivity contribution in [2.24, 2.45) is 0 Å². The van der Waals surface area contributed by atoms with Gasteiger partial charge < -0.3 is 19.1 Å². The number of rotatable bonds is 12. The molecule has 1 saturated heterocycles. The lowest BCUT2D eigenvalue weighted by atomic mass is 9.97. The molecule has 3 aromatic carbocycles. The van der Waals surface area contributed by atoms with Crippen LogP contribution < -0.4 is 14.2 Å². The summed E-state index contributed by atoms with van der Waals surface area (Å²) in [6.07, 6.45) is 6.15. The maximum atomic E-state index is 13.9. The molecular weight excluding hydrogens is 494 g/mol. The van der Waals surface area contributed by atoms with Crippen LogP contribution in [0.2, 0.25) is 0 Å². The number of benzene rings is 3. The molecule has 1 aliphatic rings. The highest BCUT2D eigenvalue weighted by atomic mass is 32.1. The topological polar surface area (TPSA) is 48.0 Å². The van der Waals surface area contributed by atoms with Crippen LogP contribution in [0.3, 0.4) is 0 Å². The van der Waals surface area contributed by atoms with Gasteiger partial charge in [-0.3, -0.25) is 4.79 Å². The van der Waals surface area contributed by atoms with Gasteiger partial charge in [0.15, 0.2) is 5.78 Å². The number of carbonyl (C=O) groups excluding carboxylic acids is 1. The van der Waals surface area contributed by atoms with Crippen molar-refractivity contribution in [2.75, 3.05) is 40.5 Å². The molecule has 0 atom stereocenters. The first-order valence-electron chi connectivity index (χ1n) is 13.4. The van der Waals surface area contributed by atoms with Crippen LogP contribution in [0, 0.1) is 0 Å². The van der Waals surface area contributed by atoms with Gasteiger partial charge in [-0.1, -0.05) is 0 Å². The van der Waals surface area contributed by atoms with E-state index < -0.39 is 0 Å². The molecule has 0 N–H and O–H groups in total. The quantitative estimate of drug-likeness (QED) is 0.141. The Morgan fingerprint density at radius 2 is 1.50 bits per heavy atom. The fourth-order valence-corrected chi connectivity index (χ4v) is 6.27. The summed E-state index contributed by atoms with van der Waals surface area (Å²) in [7, 11) is 3.31. The molecule has 0 bridgehead atoms. The maximum absolute atomic E-state index is 13.9. The van der Waals surface area contributed by atoms with Gasteiger partial charge >= 0.3 is 0 Å². The lowest BCUT2D eigenvalue weighted by molar-refractivity contribution is 0.104. The summed E-state index contributed by atoms with van der Waals surface area (Å²) in [5, 5.41) is 0.931. The van der Waals surface area contributed by atoms with E-state index >= 15 is 0 Å². The first-order chi connectivity index (χ1) is 18.7. The number of fused-ring (bicyclic) bond motifs is 1. The van der Waals surface area contributed by atoms with Crippen molar-refractivity contribution in [1.82, 2.24) is 4.90 Å². The average molecular weight is 530 g/mol. The summed E-state index contributed by atoms with van der Waals surface area (Å²) >= 11 is 1.60. The Labute approximate surface area is 229 Å². The minimum absolute atomic E-state index is 0.000646. The zero-order valence-corrected chi connectivity index (χ0v) is 23.0. The average Bonchev–Trinajstić information content (AvgIpc) is 3.62. The standard InChI is InChI=1S/C32H35NO4S/c1-35-25-12-10-24(11-13-25)32-30(28-17-16-27(36-2)22-29(28)38-32)31(34)23-8-14-26(15-9-23)37-21-7-3-4-18-33-19-5-6-20-33/h8-17,22H,3-7,18-21H2,1-2H3. The van der Waals surface area contributed by atoms with E-state index in [0.29, 0.717) is 17.7 Å². The van der Waals surface area contributed by atoms with Gasteiger partial charge in [-0.15, -0.1) is 11.3 Å². The maximum Gasteiger partial charge on any atom is 0.195 e. The van der Waals surface area contributed by atoms with Crippen LogP contribution in [-0.4, -0.2) is 51.1 Å². The third-order valence-corrected chi connectivity index (χ3v) is 8.38. The molecule has 0 amide bonds. The van der Waals surface area contributed by atoms with E-state index in [1.165, 1.54) is 45.3 Å². The summed E-state index contributed by atoms with van der Waals surface area (Å²) in [6.45, 7) is 4.43. The molecule has 5 rings (SSSR count). The number of hydrogen-bond donors (Lipinski definition) is 0. The Hall–Kier alpha value is -3.35. The molecule has 1 fully saturated rings. The van der Waals surface area contributed by atoms with Gasteiger partial charge in [0.05, 0.1) is 20.8 Å². The molecule has 1 aromatic heterocycles. The third kappa shape index (κ3) is 6.03. The smallest absolute Gasteiger partial charge is 0.195 e. The molecule has 38 heavy (non-hydrogen) atoms. The SMILES string of the molecule is COc1ccc(-c2sc3cc(OC)ccc3c2C(=O)c2ccc(OCCCCCN3CCCC3)cc2)cc1. The number of thiophene rings is 1. The van der Waals surface area contributed by atoms with Crippen LogP contribution in [-0.2, 0) is 0 Å². The number of likely N-dealkylation sites (tertiary alicyclic amines) is 1. The van der Waals surface area contributed by atoms with E-state index in [1.54, 1.807) is 25.6 Å². The Morgan fingerprint density at radius 3 is 2.21 bits per heavy atom. The summed E-state index contributed by atoms with van der Waals surface area (Å²) in [5.41, 5.74) is 2.34. The van der Waals surface area contributed by atoms with Crippen molar-refractivity contribution in [2.45, 2.75) is 32.1 Å². The highest BCUT2D eigenvalue weighted by Gasteiger charge is 2.22.